The number of carbonyl (C=O) groups excluding carboxylic acids is 3. The number of fused-ring (bicyclic) bond motifs is 1. The molecule has 84 valence electrons. The molecule has 7 heteroatoms. The van der Waals surface area contributed by atoms with Crippen LogP contribution in [0.15, 0.2) is 12.3 Å². The van der Waals surface area contributed by atoms with Crippen LogP contribution in [0.2, 0.25) is 0 Å². The van der Waals surface area contributed by atoms with Crippen molar-refractivity contribution in [3.8, 4) is 0 Å². The van der Waals surface area contributed by atoms with Gasteiger partial charge in [0.05, 0.1) is 0 Å². The average molecular weight is 223 g/mol. The second kappa shape index (κ2) is 3.46. The number of rotatable bonds is 2. The van der Waals surface area contributed by atoms with Gasteiger partial charge in [0.15, 0.2) is 11.4 Å². The molecule has 16 heavy (non-hydrogen) atoms. The van der Waals surface area contributed by atoms with Crippen molar-refractivity contribution in [2.45, 2.75) is 6.54 Å². The van der Waals surface area contributed by atoms with Crippen molar-refractivity contribution in [1.29, 1.82) is 0 Å². The van der Waals surface area contributed by atoms with Gasteiger partial charge in [-0.3, -0.25) is 9.59 Å². The smallest absolute Gasteiger partial charge is 0.368 e. The lowest BCUT2D eigenvalue weighted by atomic mass is 10.3. The Balaban J connectivity index is 2.45. The van der Waals surface area contributed by atoms with Gasteiger partial charge in [-0.1, -0.05) is 0 Å². The minimum atomic E-state index is -0.536. The molecule has 0 aromatic carbocycles. The Morgan fingerprint density at radius 2 is 2.19 bits per heavy atom. The molecular formula is C9H11N4O3+. The number of quaternary nitrogens is 1. The van der Waals surface area contributed by atoms with E-state index in [-0.39, 0.29) is 12.6 Å². The van der Waals surface area contributed by atoms with Gasteiger partial charge in [-0.2, -0.15) is 0 Å². The number of carbonyl (C=O) groups is 3. The molecule has 0 aliphatic carbocycles. The maximum Gasteiger partial charge on any atom is 0.427 e. The summed E-state index contributed by atoms with van der Waals surface area (Å²) in [4.78, 5) is 35.0. The fourth-order valence-corrected chi connectivity index (χ4v) is 1.64. The molecule has 0 radical (unpaired) electrons. The van der Waals surface area contributed by atoms with Crippen LogP contribution in [-0.2, 0) is 11.3 Å². The zero-order valence-electron chi connectivity index (χ0n) is 8.64. The summed E-state index contributed by atoms with van der Waals surface area (Å²) in [5.41, 5.74) is 5.91. The van der Waals surface area contributed by atoms with Crippen molar-refractivity contribution in [2.75, 3.05) is 7.05 Å². The lowest BCUT2D eigenvalue weighted by Crippen LogP contribution is -2.88. The topological polar surface area (TPSA) is 102 Å². The Hall–Kier alpha value is -2.15. The van der Waals surface area contributed by atoms with E-state index in [1.165, 1.54) is 16.9 Å². The number of nitrogens with zero attached hydrogens (tertiary/aromatic N) is 2. The highest BCUT2D eigenvalue weighted by molar-refractivity contribution is 6.06. The predicted molar refractivity (Wildman–Crippen MR) is 52.7 cm³/mol. The van der Waals surface area contributed by atoms with Gasteiger partial charge < -0.3 is 10.3 Å². The van der Waals surface area contributed by atoms with Gasteiger partial charge in [-0.05, 0) is 0 Å². The first-order valence-corrected chi connectivity index (χ1v) is 4.65. The predicted octanol–water partition coefficient (Wildman–Crippen LogP) is -1.63. The summed E-state index contributed by atoms with van der Waals surface area (Å²) in [6.45, 7) is -0.0725. The third-order valence-electron chi connectivity index (χ3n) is 2.44. The highest BCUT2D eigenvalue weighted by atomic mass is 16.2. The summed E-state index contributed by atoms with van der Waals surface area (Å²) in [7, 11) is 1.39. The van der Waals surface area contributed by atoms with Crippen molar-refractivity contribution in [1.82, 2.24) is 9.47 Å². The van der Waals surface area contributed by atoms with Crippen LogP contribution in [0.5, 0.6) is 0 Å². The summed E-state index contributed by atoms with van der Waals surface area (Å²) >= 11 is 0. The van der Waals surface area contributed by atoms with Crippen LogP contribution in [0.25, 0.3) is 0 Å². The van der Waals surface area contributed by atoms with Crippen molar-refractivity contribution in [2.24, 2.45) is 5.73 Å². The quantitative estimate of drug-likeness (QED) is 0.629. The zero-order chi connectivity index (χ0) is 11.9. The first-order chi connectivity index (χ1) is 7.50. The van der Waals surface area contributed by atoms with Crippen molar-refractivity contribution >= 4 is 23.5 Å². The van der Waals surface area contributed by atoms with Crippen LogP contribution in [0.3, 0.4) is 0 Å². The summed E-state index contributed by atoms with van der Waals surface area (Å²) in [5, 5.41) is 1.36. The Kier molecular flexibility index (Phi) is 2.24. The number of primary amides is 2. The second-order valence-corrected chi connectivity index (χ2v) is 3.56. The maximum atomic E-state index is 11.8. The largest absolute Gasteiger partial charge is 0.427 e. The molecule has 1 aromatic heterocycles. The van der Waals surface area contributed by atoms with Crippen molar-refractivity contribution < 1.29 is 19.7 Å². The van der Waals surface area contributed by atoms with Gasteiger partial charge in [-0.25, -0.2) is 15.0 Å². The molecule has 4 N–H and O–H groups in total. The molecule has 0 unspecified atom stereocenters. The summed E-state index contributed by atoms with van der Waals surface area (Å²) in [6.07, 6.45) is 1.57. The summed E-state index contributed by atoms with van der Waals surface area (Å²) in [5.74, 6) is -0.959. The molecule has 0 atom stereocenters. The Morgan fingerprint density at radius 1 is 1.50 bits per heavy atom. The fourth-order valence-electron chi connectivity index (χ4n) is 1.64. The van der Waals surface area contributed by atoms with Crippen LogP contribution in [0.1, 0.15) is 10.5 Å². The van der Waals surface area contributed by atoms with E-state index in [4.69, 9.17) is 5.73 Å². The average Bonchev–Trinajstić information content (AvgIpc) is 2.57. The molecule has 1 aromatic rings. The summed E-state index contributed by atoms with van der Waals surface area (Å²) < 4.78 is 1.44. The monoisotopic (exact) mass is 223 g/mol. The molecule has 7 nitrogen and oxygen atoms in total. The maximum absolute atomic E-state index is 11.8. The van der Waals surface area contributed by atoms with E-state index in [0.717, 1.165) is 4.90 Å². The molecule has 0 saturated carbocycles. The third-order valence-corrected chi connectivity index (χ3v) is 2.44. The van der Waals surface area contributed by atoms with E-state index in [0.29, 0.717) is 11.4 Å². The zero-order valence-corrected chi connectivity index (χ0v) is 8.64. The second-order valence-electron chi connectivity index (χ2n) is 3.56. The molecule has 0 saturated heterocycles. The lowest BCUT2D eigenvalue weighted by Gasteiger charge is -2.18. The molecule has 0 spiro atoms. The molecule has 1 aliphatic heterocycles. The van der Waals surface area contributed by atoms with Gasteiger partial charge in [0.2, 0.25) is 5.91 Å². The van der Waals surface area contributed by atoms with Gasteiger partial charge in [-0.15, -0.1) is 0 Å². The van der Waals surface area contributed by atoms with Gasteiger partial charge >= 0.3 is 6.03 Å². The van der Waals surface area contributed by atoms with E-state index in [2.05, 4.69) is 0 Å². The van der Waals surface area contributed by atoms with E-state index >= 15 is 0 Å². The van der Waals surface area contributed by atoms with Crippen LogP contribution in [-0.4, -0.2) is 34.4 Å². The molecule has 1 aliphatic rings. The number of imide groups is 1. The molecular weight excluding hydrogens is 212 g/mol. The van der Waals surface area contributed by atoms with Crippen molar-refractivity contribution in [3.63, 3.8) is 0 Å². The van der Waals surface area contributed by atoms with Crippen molar-refractivity contribution in [3.05, 3.63) is 18.0 Å². The van der Waals surface area contributed by atoms with Crippen LogP contribution in [0.4, 0.5) is 10.5 Å². The number of nitrogens with two attached hydrogens (primary N) is 2. The number of aromatic nitrogens is 1. The van der Waals surface area contributed by atoms with Crippen LogP contribution < -0.4 is 11.1 Å². The fraction of sp³-hybridized carbons (Fsp3) is 0.222. The Labute approximate surface area is 90.8 Å². The molecule has 0 fully saturated rings. The Morgan fingerprint density at radius 3 is 2.81 bits per heavy atom. The minimum Gasteiger partial charge on any atom is -0.368 e. The number of urea groups is 1. The highest BCUT2D eigenvalue weighted by Crippen LogP contribution is 2.17. The number of hydrogen-bond donors (Lipinski definition) is 2. The summed E-state index contributed by atoms with van der Waals surface area (Å²) in [6, 6.07) is 1.25. The van der Waals surface area contributed by atoms with E-state index in [1.54, 1.807) is 12.3 Å². The normalized spacial score (nSPS) is 15.2. The minimum absolute atomic E-state index is 0.0725. The number of hydrogen-bond acceptors (Lipinski definition) is 3. The molecule has 4 amide bonds. The first-order valence-electron chi connectivity index (χ1n) is 4.65. The van der Waals surface area contributed by atoms with Gasteiger partial charge in [0, 0.05) is 19.3 Å². The standard InChI is InChI=1S/C9H10N4O3/c1-12-8(15)7-5(11-9(12)16)2-3-13(7)4-6(10)14/h2-3H,4H2,1H3,(H2,10,14)(H,11,16)/p+1. The third kappa shape index (κ3) is 1.47. The molecule has 2 heterocycles. The molecule has 0 bridgehead atoms. The van der Waals surface area contributed by atoms with E-state index in [1.807, 2.05) is 0 Å². The highest BCUT2D eigenvalue weighted by Gasteiger charge is 2.35. The van der Waals surface area contributed by atoms with Gasteiger partial charge in [0.1, 0.15) is 6.54 Å². The van der Waals surface area contributed by atoms with Crippen LogP contribution >= 0.6 is 0 Å². The lowest BCUT2D eigenvalue weighted by molar-refractivity contribution is -0.473. The van der Waals surface area contributed by atoms with Crippen LogP contribution in [0, 0.1) is 0 Å². The molecule has 2 rings (SSSR count). The first kappa shape index (κ1) is 10.4. The van der Waals surface area contributed by atoms with E-state index < -0.39 is 11.8 Å². The Bertz CT molecular complexity index is 491. The van der Waals surface area contributed by atoms with E-state index in [9.17, 15) is 14.4 Å². The van der Waals surface area contributed by atoms with Gasteiger partial charge in [0.25, 0.3) is 5.91 Å². The number of amides is 4. The SMILES string of the molecule is CN1C(=O)[NH2+]c2ccn(CC(N)=O)c2C1=O.